The Labute approximate surface area is 168 Å². The van der Waals surface area contributed by atoms with Gasteiger partial charge < -0.3 is 10.6 Å². The lowest BCUT2D eigenvalue weighted by molar-refractivity contribution is 0.102. The summed E-state index contributed by atoms with van der Waals surface area (Å²) in [4.78, 5) is 25.6. The number of amides is 1. The minimum atomic E-state index is -0.226. The van der Waals surface area contributed by atoms with Gasteiger partial charge in [-0.1, -0.05) is 42.5 Å². The molecule has 0 aliphatic carbocycles. The third kappa shape index (κ3) is 4.62. The van der Waals surface area contributed by atoms with E-state index in [-0.39, 0.29) is 5.91 Å². The number of carbonyl (C=O) groups is 1. The molecule has 1 amide bonds. The minimum absolute atomic E-state index is 0.226. The summed E-state index contributed by atoms with van der Waals surface area (Å²) in [6, 6.07) is 24.4. The first kappa shape index (κ1) is 18.3. The monoisotopic (exact) mass is 381 g/mol. The molecule has 0 aliphatic heterocycles. The second-order valence-corrected chi connectivity index (χ2v) is 6.43. The third-order valence-electron chi connectivity index (χ3n) is 4.21. The van der Waals surface area contributed by atoms with E-state index in [0.717, 1.165) is 16.9 Å². The number of pyridine rings is 1. The number of nitrogens with zero attached hydrogens (tertiary/aromatic N) is 3. The van der Waals surface area contributed by atoms with Gasteiger partial charge in [0.2, 0.25) is 0 Å². The summed E-state index contributed by atoms with van der Waals surface area (Å²) < 4.78 is 0. The molecule has 0 bridgehead atoms. The SMILES string of the molecule is Cc1nc(Nc2cccc(C(=O)Nc3ccccn3)c2)cc(-c2ccccc2)n1. The van der Waals surface area contributed by atoms with Gasteiger partial charge in [-0.2, -0.15) is 0 Å². The molecule has 0 saturated heterocycles. The Bertz CT molecular complexity index is 1130. The van der Waals surface area contributed by atoms with Gasteiger partial charge in [-0.15, -0.1) is 0 Å². The Morgan fingerprint density at radius 2 is 1.66 bits per heavy atom. The second-order valence-electron chi connectivity index (χ2n) is 6.43. The normalized spacial score (nSPS) is 10.4. The maximum Gasteiger partial charge on any atom is 0.256 e. The van der Waals surface area contributed by atoms with Gasteiger partial charge in [-0.05, 0) is 37.3 Å². The van der Waals surface area contributed by atoms with Crippen LogP contribution in [0.1, 0.15) is 16.2 Å². The van der Waals surface area contributed by atoms with E-state index in [0.29, 0.717) is 23.0 Å². The highest BCUT2D eigenvalue weighted by atomic mass is 16.1. The van der Waals surface area contributed by atoms with Crippen molar-refractivity contribution >= 4 is 23.2 Å². The molecule has 0 saturated carbocycles. The van der Waals surface area contributed by atoms with Crippen LogP contribution < -0.4 is 10.6 Å². The van der Waals surface area contributed by atoms with E-state index >= 15 is 0 Å². The van der Waals surface area contributed by atoms with E-state index in [9.17, 15) is 4.79 Å². The van der Waals surface area contributed by atoms with E-state index in [2.05, 4.69) is 25.6 Å². The number of anilines is 3. The molecule has 0 spiro atoms. The van der Waals surface area contributed by atoms with Crippen LogP contribution in [0.4, 0.5) is 17.3 Å². The van der Waals surface area contributed by atoms with Crippen molar-refractivity contribution in [3.05, 3.63) is 96.4 Å². The molecule has 0 aliphatic rings. The van der Waals surface area contributed by atoms with Crippen molar-refractivity contribution in [2.24, 2.45) is 0 Å². The van der Waals surface area contributed by atoms with Gasteiger partial charge in [0.25, 0.3) is 5.91 Å². The zero-order valence-corrected chi connectivity index (χ0v) is 15.8. The molecule has 0 fully saturated rings. The Morgan fingerprint density at radius 1 is 0.828 bits per heavy atom. The molecule has 29 heavy (non-hydrogen) atoms. The predicted octanol–water partition coefficient (Wildman–Crippen LogP) is 4.84. The number of rotatable bonds is 5. The molecule has 142 valence electrons. The van der Waals surface area contributed by atoms with Crippen molar-refractivity contribution in [3.63, 3.8) is 0 Å². The van der Waals surface area contributed by atoms with Crippen LogP contribution in [-0.2, 0) is 0 Å². The quantitative estimate of drug-likeness (QED) is 0.517. The molecule has 6 heteroatoms. The molecule has 0 unspecified atom stereocenters. The van der Waals surface area contributed by atoms with Crippen LogP contribution in [0.3, 0.4) is 0 Å². The summed E-state index contributed by atoms with van der Waals surface area (Å²) in [6.45, 7) is 1.86. The fourth-order valence-corrected chi connectivity index (χ4v) is 2.90. The lowest BCUT2D eigenvalue weighted by Gasteiger charge is -2.10. The maximum absolute atomic E-state index is 12.5. The number of hydrogen-bond donors (Lipinski definition) is 2. The van der Waals surface area contributed by atoms with Crippen LogP contribution in [0, 0.1) is 6.92 Å². The molecule has 0 atom stereocenters. The number of benzene rings is 2. The van der Waals surface area contributed by atoms with Gasteiger partial charge in [0.15, 0.2) is 0 Å². The lowest BCUT2D eigenvalue weighted by Crippen LogP contribution is -2.13. The van der Waals surface area contributed by atoms with Crippen molar-refractivity contribution in [3.8, 4) is 11.3 Å². The first-order chi connectivity index (χ1) is 14.2. The maximum atomic E-state index is 12.5. The van der Waals surface area contributed by atoms with E-state index in [1.807, 2.05) is 61.5 Å². The van der Waals surface area contributed by atoms with Crippen LogP contribution in [-0.4, -0.2) is 20.9 Å². The Balaban J connectivity index is 1.55. The first-order valence-electron chi connectivity index (χ1n) is 9.18. The number of carbonyl (C=O) groups excluding carboxylic acids is 1. The Hall–Kier alpha value is -4.06. The largest absolute Gasteiger partial charge is 0.340 e. The third-order valence-corrected chi connectivity index (χ3v) is 4.21. The number of hydrogen-bond acceptors (Lipinski definition) is 5. The molecular weight excluding hydrogens is 362 g/mol. The summed E-state index contributed by atoms with van der Waals surface area (Å²) in [5, 5.41) is 6.05. The van der Waals surface area contributed by atoms with Crippen molar-refractivity contribution in [2.75, 3.05) is 10.6 Å². The predicted molar refractivity (Wildman–Crippen MR) is 114 cm³/mol. The minimum Gasteiger partial charge on any atom is -0.340 e. The van der Waals surface area contributed by atoms with Crippen molar-refractivity contribution in [2.45, 2.75) is 6.92 Å². The highest BCUT2D eigenvalue weighted by Crippen LogP contribution is 2.22. The molecule has 0 radical (unpaired) electrons. The molecule has 2 aromatic carbocycles. The average molecular weight is 381 g/mol. The first-order valence-corrected chi connectivity index (χ1v) is 9.18. The summed E-state index contributed by atoms with van der Waals surface area (Å²) >= 11 is 0. The van der Waals surface area contributed by atoms with Gasteiger partial charge in [-0.3, -0.25) is 4.79 Å². The fourth-order valence-electron chi connectivity index (χ4n) is 2.90. The molecule has 4 rings (SSSR count). The lowest BCUT2D eigenvalue weighted by atomic mass is 10.1. The Kier molecular flexibility index (Phi) is 5.25. The van der Waals surface area contributed by atoms with Gasteiger partial charge in [0.05, 0.1) is 5.69 Å². The van der Waals surface area contributed by atoms with Crippen LogP contribution >= 0.6 is 0 Å². The molecule has 2 aromatic heterocycles. The van der Waals surface area contributed by atoms with Crippen LogP contribution in [0.5, 0.6) is 0 Å². The van der Waals surface area contributed by atoms with Crippen molar-refractivity contribution in [1.29, 1.82) is 0 Å². The fraction of sp³-hybridized carbons (Fsp3) is 0.0435. The second kappa shape index (κ2) is 8.31. The van der Waals surface area contributed by atoms with Crippen LogP contribution in [0.15, 0.2) is 85.1 Å². The number of aryl methyl sites for hydroxylation is 1. The van der Waals surface area contributed by atoms with Gasteiger partial charge >= 0.3 is 0 Å². The van der Waals surface area contributed by atoms with Gasteiger partial charge in [-0.25, -0.2) is 15.0 Å². The van der Waals surface area contributed by atoms with Crippen molar-refractivity contribution in [1.82, 2.24) is 15.0 Å². The number of aromatic nitrogens is 3. The van der Waals surface area contributed by atoms with Crippen LogP contribution in [0.2, 0.25) is 0 Å². The van der Waals surface area contributed by atoms with Crippen molar-refractivity contribution < 1.29 is 4.79 Å². The topological polar surface area (TPSA) is 79.8 Å². The molecule has 2 heterocycles. The zero-order chi connectivity index (χ0) is 20.1. The van der Waals surface area contributed by atoms with Crippen LogP contribution in [0.25, 0.3) is 11.3 Å². The molecule has 4 aromatic rings. The van der Waals surface area contributed by atoms with E-state index in [4.69, 9.17) is 0 Å². The highest BCUT2D eigenvalue weighted by Gasteiger charge is 2.09. The number of nitrogens with one attached hydrogen (secondary N) is 2. The van der Waals surface area contributed by atoms with Gasteiger partial charge in [0, 0.05) is 29.1 Å². The summed E-state index contributed by atoms with van der Waals surface area (Å²) in [6.07, 6.45) is 1.63. The van der Waals surface area contributed by atoms with E-state index in [1.54, 1.807) is 30.5 Å². The summed E-state index contributed by atoms with van der Waals surface area (Å²) in [7, 11) is 0. The van der Waals surface area contributed by atoms with E-state index < -0.39 is 0 Å². The average Bonchev–Trinajstić information content (AvgIpc) is 2.75. The van der Waals surface area contributed by atoms with Gasteiger partial charge in [0.1, 0.15) is 17.5 Å². The molecule has 2 N–H and O–H groups in total. The summed E-state index contributed by atoms with van der Waals surface area (Å²) in [5.41, 5.74) is 3.14. The smallest absolute Gasteiger partial charge is 0.256 e. The standard InChI is InChI=1S/C23H19N5O/c1-16-25-20(17-8-3-2-4-9-17)15-22(26-16)27-19-11-7-10-18(14-19)23(29)28-21-12-5-6-13-24-21/h2-15H,1H3,(H,24,28,29)(H,25,26,27). The Morgan fingerprint density at radius 3 is 2.45 bits per heavy atom. The molecular formula is C23H19N5O. The van der Waals surface area contributed by atoms with E-state index in [1.165, 1.54) is 0 Å². The zero-order valence-electron chi connectivity index (χ0n) is 15.8. The molecule has 6 nitrogen and oxygen atoms in total. The highest BCUT2D eigenvalue weighted by molar-refractivity contribution is 6.04. The summed E-state index contributed by atoms with van der Waals surface area (Å²) in [5.74, 6) is 1.61.